The first-order valence-corrected chi connectivity index (χ1v) is 6.21. The minimum absolute atomic E-state index is 0.0185. The first-order valence-electron chi connectivity index (χ1n) is 5.05. The molecule has 1 heterocycles. The van der Waals surface area contributed by atoms with E-state index in [0.29, 0.717) is 0 Å². The smallest absolute Gasteiger partial charge is 0.149 e. The highest BCUT2D eigenvalue weighted by Gasteiger charge is 2.16. The summed E-state index contributed by atoms with van der Waals surface area (Å²) in [5.41, 5.74) is 0.0185. The van der Waals surface area contributed by atoms with Crippen LogP contribution in [0, 0.1) is 11.6 Å². The van der Waals surface area contributed by atoms with Gasteiger partial charge in [-0.15, -0.1) is 0 Å². The van der Waals surface area contributed by atoms with Gasteiger partial charge in [0.05, 0.1) is 0 Å². The van der Waals surface area contributed by atoms with E-state index < -0.39 is 11.6 Å². The molecule has 0 spiro atoms. The van der Waals surface area contributed by atoms with Gasteiger partial charge in [0, 0.05) is 11.8 Å². The zero-order valence-corrected chi connectivity index (χ0v) is 9.12. The fourth-order valence-electron chi connectivity index (χ4n) is 1.69. The van der Waals surface area contributed by atoms with E-state index in [2.05, 4.69) is 5.32 Å². The van der Waals surface area contributed by atoms with Gasteiger partial charge in [-0.05, 0) is 30.7 Å². The maximum atomic E-state index is 13.3. The lowest BCUT2D eigenvalue weighted by molar-refractivity contribution is 0.578. The van der Waals surface area contributed by atoms with Crippen LogP contribution < -0.4 is 5.32 Å². The van der Waals surface area contributed by atoms with Gasteiger partial charge in [0.1, 0.15) is 17.3 Å². The van der Waals surface area contributed by atoms with E-state index in [4.69, 9.17) is 0 Å². The number of anilines is 1. The number of hydrogen-bond acceptors (Lipinski definition) is 2. The monoisotopic (exact) mass is 229 g/mol. The van der Waals surface area contributed by atoms with Crippen LogP contribution in [0.2, 0.25) is 0 Å². The predicted molar refractivity (Wildman–Crippen MR) is 60.3 cm³/mol. The molecule has 15 heavy (non-hydrogen) atoms. The Morgan fingerprint density at radius 3 is 2.60 bits per heavy atom. The van der Waals surface area contributed by atoms with Crippen molar-refractivity contribution in [3.05, 3.63) is 29.8 Å². The molecule has 0 aromatic heterocycles. The van der Waals surface area contributed by atoms with Crippen LogP contribution in [0.15, 0.2) is 18.2 Å². The van der Waals surface area contributed by atoms with Crippen molar-refractivity contribution in [3.63, 3.8) is 0 Å². The summed E-state index contributed by atoms with van der Waals surface area (Å²) in [6.45, 7) is 0. The Morgan fingerprint density at radius 1 is 1.27 bits per heavy atom. The highest BCUT2D eigenvalue weighted by atomic mass is 32.2. The molecule has 1 unspecified atom stereocenters. The zero-order chi connectivity index (χ0) is 10.7. The van der Waals surface area contributed by atoms with Gasteiger partial charge >= 0.3 is 0 Å². The Kier molecular flexibility index (Phi) is 3.46. The van der Waals surface area contributed by atoms with Gasteiger partial charge in [0.2, 0.25) is 0 Å². The van der Waals surface area contributed by atoms with Crippen molar-refractivity contribution in [2.24, 2.45) is 0 Å². The summed E-state index contributed by atoms with van der Waals surface area (Å²) in [7, 11) is 0. The van der Waals surface area contributed by atoms with E-state index >= 15 is 0 Å². The molecule has 1 N–H and O–H groups in total. The van der Waals surface area contributed by atoms with Crippen LogP contribution >= 0.6 is 11.8 Å². The highest BCUT2D eigenvalue weighted by molar-refractivity contribution is 7.99. The molecule has 1 nitrogen and oxygen atoms in total. The fourth-order valence-corrected chi connectivity index (χ4v) is 2.77. The molecule has 0 bridgehead atoms. The fraction of sp³-hybridized carbons (Fsp3) is 0.455. The Labute approximate surface area is 92.3 Å². The van der Waals surface area contributed by atoms with E-state index in [-0.39, 0.29) is 11.7 Å². The molecule has 1 aromatic rings. The number of para-hydroxylation sites is 1. The van der Waals surface area contributed by atoms with Crippen molar-refractivity contribution < 1.29 is 8.78 Å². The number of nitrogens with one attached hydrogen (secondary N) is 1. The van der Waals surface area contributed by atoms with Crippen LogP contribution in [0.4, 0.5) is 14.5 Å². The Balaban J connectivity index is 2.09. The molecular weight excluding hydrogens is 216 g/mol. The number of halogens is 2. The molecule has 0 amide bonds. The molecule has 4 heteroatoms. The second-order valence-electron chi connectivity index (χ2n) is 3.66. The van der Waals surface area contributed by atoms with Crippen LogP contribution in [0.3, 0.4) is 0 Å². The molecule has 1 fully saturated rings. The minimum atomic E-state index is -0.509. The lowest BCUT2D eigenvalue weighted by Crippen LogP contribution is -2.26. The van der Waals surface area contributed by atoms with Gasteiger partial charge in [-0.2, -0.15) is 11.8 Å². The van der Waals surface area contributed by atoms with Gasteiger partial charge in [0.15, 0.2) is 0 Å². The number of thioether (sulfide) groups is 1. The standard InChI is InChI=1S/C11H13F2NS/c12-9-4-1-5-10(13)11(9)14-8-3-2-6-15-7-8/h1,4-5,8,14H,2-3,6-7H2. The summed E-state index contributed by atoms with van der Waals surface area (Å²) < 4.78 is 26.6. The van der Waals surface area contributed by atoms with Gasteiger partial charge in [-0.25, -0.2) is 8.78 Å². The van der Waals surface area contributed by atoms with E-state index in [9.17, 15) is 8.78 Å². The summed E-state index contributed by atoms with van der Waals surface area (Å²) >= 11 is 1.83. The summed E-state index contributed by atoms with van der Waals surface area (Å²) in [4.78, 5) is 0. The third kappa shape index (κ3) is 2.62. The van der Waals surface area contributed by atoms with Crippen LogP contribution in [0.5, 0.6) is 0 Å². The SMILES string of the molecule is Fc1cccc(F)c1NC1CCCSC1. The molecule has 0 radical (unpaired) electrons. The first-order chi connectivity index (χ1) is 7.27. The topological polar surface area (TPSA) is 12.0 Å². The van der Waals surface area contributed by atoms with Crippen molar-refractivity contribution in [2.45, 2.75) is 18.9 Å². The molecule has 82 valence electrons. The maximum absolute atomic E-state index is 13.3. The Hall–Kier alpha value is -0.770. The van der Waals surface area contributed by atoms with Crippen LogP contribution in [-0.2, 0) is 0 Å². The largest absolute Gasteiger partial charge is 0.377 e. The normalized spacial score (nSPS) is 21.3. The quantitative estimate of drug-likeness (QED) is 0.835. The second kappa shape index (κ2) is 4.84. The molecule has 1 aliphatic rings. The van der Waals surface area contributed by atoms with Crippen molar-refractivity contribution in [2.75, 3.05) is 16.8 Å². The Morgan fingerprint density at radius 2 is 2.00 bits per heavy atom. The van der Waals surface area contributed by atoms with Crippen molar-refractivity contribution in [1.29, 1.82) is 0 Å². The van der Waals surface area contributed by atoms with E-state index in [1.807, 2.05) is 11.8 Å². The van der Waals surface area contributed by atoms with Crippen LogP contribution in [0.25, 0.3) is 0 Å². The number of benzene rings is 1. The average molecular weight is 229 g/mol. The summed E-state index contributed by atoms with van der Waals surface area (Å²) in [6.07, 6.45) is 2.10. The molecule has 0 saturated carbocycles. The molecule has 1 aromatic carbocycles. The molecule has 2 rings (SSSR count). The minimum Gasteiger partial charge on any atom is -0.377 e. The zero-order valence-electron chi connectivity index (χ0n) is 8.30. The number of hydrogen-bond donors (Lipinski definition) is 1. The second-order valence-corrected chi connectivity index (χ2v) is 4.80. The van der Waals surface area contributed by atoms with E-state index in [0.717, 1.165) is 24.3 Å². The van der Waals surface area contributed by atoms with Crippen molar-refractivity contribution in [1.82, 2.24) is 0 Å². The van der Waals surface area contributed by atoms with E-state index in [1.54, 1.807) is 0 Å². The summed E-state index contributed by atoms with van der Waals surface area (Å²) in [6, 6.07) is 4.13. The van der Waals surface area contributed by atoms with Crippen molar-refractivity contribution >= 4 is 17.4 Å². The number of rotatable bonds is 2. The third-order valence-electron chi connectivity index (χ3n) is 2.47. The third-order valence-corrected chi connectivity index (χ3v) is 3.69. The first kappa shape index (κ1) is 10.7. The van der Waals surface area contributed by atoms with Gasteiger partial charge in [-0.3, -0.25) is 0 Å². The van der Waals surface area contributed by atoms with Gasteiger partial charge in [0.25, 0.3) is 0 Å². The Bertz CT molecular complexity index is 317. The van der Waals surface area contributed by atoms with E-state index in [1.165, 1.54) is 18.2 Å². The lowest BCUT2D eigenvalue weighted by Gasteiger charge is -2.23. The summed E-state index contributed by atoms with van der Waals surface area (Å²) in [5, 5.41) is 2.95. The predicted octanol–water partition coefficient (Wildman–Crippen LogP) is 3.27. The molecule has 0 aliphatic carbocycles. The average Bonchev–Trinajstić information content (AvgIpc) is 2.25. The van der Waals surface area contributed by atoms with Gasteiger partial charge in [-0.1, -0.05) is 6.07 Å². The summed E-state index contributed by atoms with van der Waals surface area (Å²) in [5.74, 6) is 1.06. The lowest BCUT2D eigenvalue weighted by atomic mass is 10.1. The van der Waals surface area contributed by atoms with Crippen LogP contribution in [-0.4, -0.2) is 17.5 Å². The molecule has 1 aliphatic heterocycles. The maximum Gasteiger partial charge on any atom is 0.149 e. The van der Waals surface area contributed by atoms with Crippen LogP contribution in [0.1, 0.15) is 12.8 Å². The highest BCUT2D eigenvalue weighted by Crippen LogP contribution is 2.24. The molecule has 1 saturated heterocycles. The molecular formula is C11H13F2NS. The molecule has 1 atom stereocenters. The van der Waals surface area contributed by atoms with Gasteiger partial charge < -0.3 is 5.32 Å². The van der Waals surface area contributed by atoms with Crippen molar-refractivity contribution in [3.8, 4) is 0 Å².